The number of hydrogen-bond donors (Lipinski definition) is 1. The van der Waals surface area contributed by atoms with Crippen LogP contribution in [0.2, 0.25) is 0 Å². The first-order valence-electron chi connectivity index (χ1n) is 9.97. The molecule has 5 rings (SSSR count). The molecule has 7 nitrogen and oxygen atoms in total. The lowest BCUT2D eigenvalue weighted by atomic mass is 9.85. The van der Waals surface area contributed by atoms with E-state index in [1.54, 1.807) is 29.8 Å². The monoisotopic (exact) mass is 413 g/mol. The summed E-state index contributed by atoms with van der Waals surface area (Å²) in [6, 6.07) is 5.31. The van der Waals surface area contributed by atoms with E-state index in [-0.39, 0.29) is 24.0 Å². The maximum Gasteiger partial charge on any atom is 0.254 e. The average molecular weight is 413 g/mol. The first-order chi connectivity index (χ1) is 14.2. The predicted octanol–water partition coefficient (Wildman–Crippen LogP) is 1.79. The molecule has 2 aromatic heterocycles. The quantitative estimate of drug-likeness (QED) is 0.812. The summed E-state index contributed by atoms with van der Waals surface area (Å²) >= 11 is 1.76. The van der Waals surface area contributed by atoms with Gasteiger partial charge in [0.1, 0.15) is 12.2 Å². The predicted molar refractivity (Wildman–Crippen MR) is 106 cm³/mol. The third-order valence-electron chi connectivity index (χ3n) is 6.09. The maximum absolute atomic E-state index is 13.3. The van der Waals surface area contributed by atoms with Crippen LogP contribution >= 0.6 is 11.3 Å². The van der Waals surface area contributed by atoms with Crippen LogP contribution in [0.4, 0.5) is 0 Å². The molecule has 2 amide bonds. The van der Waals surface area contributed by atoms with E-state index in [0.717, 1.165) is 31.4 Å². The van der Waals surface area contributed by atoms with Crippen molar-refractivity contribution >= 4 is 23.2 Å². The van der Waals surface area contributed by atoms with Gasteiger partial charge in [0, 0.05) is 30.4 Å². The van der Waals surface area contributed by atoms with E-state index in [0.29, 0.717) is 13.1 Å². The highest BCUT2D eigenvalue weighted by atomic mass is 32.1. The van der Waals surface area contributed by atoms with E-state index in [1.807, 2.05) is 11.0 Å². The van der Waals surface area contributed by atoms with Crippen LogP contribution in [-0.2, 0) is 31.1 Å². The third-order valence-corrected chi connectivity index (χ3v) is 7.24. The van der Waals surface area contributed by atoms with Gasteiger partial charge in [-0.25, -0.2) is 0 Å². The van der Waals surface area contributed by atoms with E-state index in [9.17, 15) is 9.59 Å². The summed E-state index contributed by atoms with van der Waals surface area (Å²) in [5.41, 5.74) is 1.89. The molecule has 5 heterocycles. The lowest BCUT2D eigenvalue weighted by Gasteiger charge is -2.45. The number of pyridine rings is 1. The topological polar surface area (TPSA) is 80.8 Å². The highest BCUT2D eigenvalue weighted by Gasteiger charge is 2.45. The Morgan fingerprint density at radius 1 is 1.31 bits per heavy atom. The number of rotatable bonds is 2. The zero-order valence-electron chi connectivity index (χ0n) is 16.0. The molecule has 1 spiro atoms. The number of fused-ring (bicyclic) bond motifs is 2. The molecule has 152 valence electrons. The Morgan fingerprint density at radius 2 is 2.17 bits per heavy atom. The number of piperidine rings is 1. The van der Waals surface area contributed by atoms with Gasteiger partial charge in [-0.05, 0) is 47.9 Å². The molecule has 2 atom stereocenters. The molecule has 0 aliphatic carbocycles. The number of nitrogens with one attached hydrogen (secondary N) is 1. The fourth-order valence-corrected chi connectivity index (χ4v) is 5.75. The maximum atomic E-state index is 13.3. The fraction of sp³-hybridized carbons (Fsp3) is 0.476. The van der Waals surface area contributed by atoms with Gasteiger partial charge in [0.2, 0.25) is 5.91 Å². The first kappa shape index (κ1) is 18.7. The van der Waals surface area contributed by atoms with Gasteiger partial charge in [-0.3, -0.25) is 14.6 Å². The number of aromatic nitrogens is 1. The van der Waals surface area contributed by atoms with Crippen LogP contribution in [0.5, 0.6) is 0 Å². The van der Waals surface area contributed by atoms with Gasteiger partial charge >= 0.3 is 0 Å². The number of morpholine rings is 1. The molecular formula is C21H23N3O4S. The van der Waals surface area contributed by atoms with Gasteiger partial charge in [0.25, 0.3) is 5.91 Å². The average Bonchev–Trinajstić information content (AvgIpc) is 3.25. The number of carbonyl (C=O) groups excluding carboxylic acids is 2. The molecule has 2 aromatic rings. The first-order valence-corrected chi connectivity index (χ1v) is 10.8. The number of ether oxygens (including phenoxy) is 2. The molecule has 2 fully saturated rings. The van der Waals surface area contributed by atoms with Gasteiger partial charge in [-0.2, -0.15) is 0 Å². The zero-order valence-corrected chi connectivity index (χ0v) is 16.8. The SMILES string of the molecule is O=C1CO[C@H](C(=O)N2CCC3(CC2)OCCc2ccsc23)[C@@H](c2cccnc2)N1. The van der Waals surface area contributed by atoms with Crippen LogP contribution in [0.15, 0.2) is 36.0 Å². The fourth-order valence-electron chi connectivity index (χ4n) is 4.58. The van der Waals surface area contributed by atoms with Crippen LogP contribution < -0.4 is 5.32 Å². The van der Waals surface area contributed by atoms with Crippen LogP contribution in [0, 0.1) is 0 Å². The molecule has 3 aliphatic heterocycles. The van der Waals surface area contributed by atoms with Gasteiger partial charge in [-0.1, -0.05) is 6.07 Å². The highest BCUT2D eigenvalue weighted by Crippen LogP contribution is 2.44. The molecule has 29 heavy (non-hydrogen) atoms. The molecule has 0 bridgehead atoms. The third kappa shape index (κ3) is 3.35. The summed E-state index contributed by atoms with van der Waals surface area (Å²) < 4.78 is 11.9. The smallest absolute Gasteiger partial charge is 0.254 e. The number of amides is 2. The molecule has 0 saturated carbocycles. The van der Waals surface area contributed by atoms with Crippen molar-refractivity contribution in [3.8, 4) is 0 Å². The van der Waals surface area contributed by atoms with Crippen molar-refractivity contribution < 1.29 is 19.1 Å². The standard InChI is InChI=1S/C21H23N3O4S/c25-16-13-27-18(17(23-16)15-2-1-7-22-12-15)20(26)24-8-5-21(6-9-24)19-14(3-10-28-21)4-11-29-19/h1-2,4,7,11-12,17-18H,3,5-6,8-10,13H2,(H,23,25)/t17-,18+/m1/s1. The van der Waals surface area contributed by atoms with Crippen LogP contribution in [-0.4, -0.2) is 54.1 Å². The summed E-state index contributed by atoms with van der Waals surface area (Å²) in [6.07, 6.45) is 5.12. The normalized spacial score (nSPS) is 26.1. The number of thiophene rings is 1. The lowest BCUT2D eigenvalue weighted by molar-refractivity contribution is -0.160. The lowest BCUT2D eigenvalue weighted by Crippen LogP contribution is -2.56. The Morgan fingerprint density at radius 3 is 2.97 bits per heavy atom. The molecule has 3 aliphatic rings. The van der Waals surface area contributed by atoms with E-state index < -0.39 is 12.1 Å². The van der Waals surface area contributed by atoms with Crippen molar-refractivity contribution in [3.05, 3.63) is 52.0 Å². The van der Waals surface area contributed by atoms with Crippen molar-refractivity contribution in [2.75, 3.05) is 26.3 Å². The Hall–Kier alpha value is -2.29. The van der Waals surface area contributed by atoms with Gasteiger partial charge in [0.05, 0.1) is 12.6 Å². The summed E-state index contributed by atoms with van der Waals surface area (Å²) in [5.74, 6) is -0.308. The van der Waals surface area contributed by atoms with E-state index >= 15 is 0 Å². The van der Waals surface area contributed by atoms with Crippen molar-refractivity contribution in [3.63, 3.8) is 0 Å². The molecule has 8 heteroatoms. The van der Waals surface area contributed by atoms with Crippen molar-refractivity contribution in [1.82, 2.24) is 15.2 Å². The van der Waals surface area contributed by atoms with Crippen molar-refractivity contribution in [2.45, 2.75) is 37.0 Å². The molecule has 0 unspecified atom stereocenters. The molecular weight excluding hydrogens is 390 g/mol. The van der Waals surface area contributed by atoms with Crippen LogP contribution in [0.25, 0.3) is 0 Å². The van der Waals surface area contributed by atoms with Crippen molar-refractivity contribution in [1.29, 1.82) is 0 Å². The molecule has 1 N–H and O–H groups in total. The minimum absolute atomic E-state index is 0.0871. The second kappa shape index (κ2) is 7.51. The Kier molecular flexibility index (Phi) is 4.85. The Labute approximate surface area is 173 Å². The minimum Gasteiger partial charge on any atom is -0.369 e. The van der Waals surface area contributed by atoms with Gasteiger partial charge in [-0.15, -0.1) is 11.3 Å². The molecule has 0 aromatic carbocycles. The summed E-state index contributed by atoms with van der Waals surface area (Å²) in [7, 11) is 0. The van der Waals surface area contributed by atoms with E-state index in [4.69, 9.17) is 9.47 Å². The summed E-state index contributed by atoms with van der Waals surface area (Å²) in [4.78, 5) is 32.5. The molecule has 2 saturated heterocycles. The number of hydrogen-bond acceptors (Lipinski definition) is 6. The number of nitrogens with zero attached hydrogens (tertiary/aromatic N) is 2. The van der Waals surface area contributed by atoms with Gasteiger partial charge in [0.15, 0.2) is 6.10 Å². The minimum atomic E-state index is -0.740. The zero-order chi connectivity index (χ0) is 19.8. The Bertz CT molecular complexity index is 908. The van der Waals surface area contributed by atoms with E-state index in [1.165, 1.54) is 10.4 Å². The van der Waals surface area contributed by atoms with Crippen LogP contribution in [0.1, 0.15) is 34.9 Å². The van der Waals surface area contributed by atoms with Crippen LogP contribution in [0.3, 0.4) is 0 Å². The van der Waals surface area contributed by atoms with Gasteiger partial charge < -0.3 is 19.7 Å². The highest BCUT2D eigenvalue weighted by molar-refractivity contribution is 7.10. The molecule has 0 radical (unpaired) electrons. The summed E-state index contributed by atoms with van der Waals surface area (Å²) in [6.45, 7) is 1.86. The largest absolute Gasteiger partial charge is 0.369 e. The second-order valence-electron chi connectivity index (χ2n) is 7.76. The Balaban J connectivity index is 1.32. The van der Waals surface area contributed by atoms with E-state index in [2.05, 4.69) is 21.7 Å². The van der Waals surface area contributed by atoms with Crippen molar-refractivity contribution in [2.24, 2.45) is 0 Å². The number of likely N-dealkylation sites (tertiary alicyclic amines) is 1. The summed E-state index contributed by atoms with van der Waals surface area (Å²) in [5, 5.41) is 5.03. The second-order valence-corrected chi connectivity index (χ2v) is 8.67. The number of carbonyl (C=O) groups is 2.